The Bertz CT molecular complexity index is 1030. The summed E-state index contributed by atoms with van der Waals surface area (Å²) in [7, 11) is 1.76. The summed E-state index contributed by atoms with van der Waals surface area (Å²) in [5.74, 6) is -0.723. The van der Waals surface area contributed by atoms with E-state index >= 15 is 0 Å². The smallest absolute Gasteiger partial charge is 0.295 e. The van der Waals surface area contributed by atoms with Crippen LogP contribution in [0, 0.1) is 12.7 Å². The largest absolute Gasteiger partial charge is 0.319 e. The molecule has 0 spiro atoms. The number of nitrogens with zero attached hydrogens (tertiary/aromatic N) is 2. The van der Waals surface area contributed by atoms with Gasteiger partial charge in [0.25, 0.3) is 5.56 Å². The molecule has 3 aromatic rings. The molecule has 0 fully saturated rings. The van der Waals surface area contributed by atoms with Crippen LogP contribution < -0.4 is 10.9 Å². The molecule has 0 saturated heterocycles. The lowest BCUT2D eigenvalue weighted by atomic mass is 10.3. The first kappa shape index (κ1) is 19.0. The van der Waals surface area contributed by atoms with Gasteiger partial charge in [-0.15, -0.1) is 11.8 Å². The fourth-order valence-corrected chi connectivity index (χ4v) is 3.61. The molecule has 1 N–H and O–H groups in total. The number of rotatable bonds is 5. The number of carbonyl (C=O) groups is 1. The molecule has 7 heteroatoms. The standard InChI is InChI=1S/C20H20FN3O2S/c1-13-18(20(26)24(23(13)3)15-9-5-4-6-10-15)22-19(25)14(2)27-17-12-8-7-11-16(17)21/h4-12,14H,1-3H3,(H,22,25). The van der Waals surface area contributed by atoms with Crippen molar-refractivity contribution in [2.75, 3.05) is 5.32 Å². The summed E-state index contributed by atoms with van der Waals surface area (Å²) in [4.78, 5) is 25.8. The van der Waals surface area contributed by atoms with E-state index < -0.39 is 5.25 Å². The summed E-state index contributed by atoms with van der Waals surface area (Å²) in [6, 6.07) is 15.5. The molecule has 0 aliphatic carbocycles. The van der Waals surface area contributed by atoms with Gasteiger partial charge in [-0.25, -0.2) is 9.07 Å². The number of halogens is 1. The number of anilines is 1. The second-order valence-corrected chi connectivity index (χ2v) is 7.50. The Balaban J connectivity index is 1.84. The van der Waals surface area contributed by atoms with Crippen LogP contribution in [0.1, 0.15) is 12.6 Å². The average molecular weight is 385 g/mol. The van der Waals surface area contributed by atoms with Gasteiger partial charge < -0.3 is 5.32 Å². The predicted molar refractivity (Wildman–Crippen MR) is 106 cm³/mol. The third-order valence-corrected chi connectivity index (χ3v) is 5.46. The summed E-state index contributed by atoms with van der Waals surface area (Å²) in [6.07, 6.45) is 0. The van der Waals surface area contributed by atoms with Crippen LogP contribution in [-0.2, 0) is 11.8 Å². The van der Waals surface area contributed by atoms with Crippen molar-refractivity contribution in [2.24, 2.45) is 7.05 Å². The molecule has 2 aromatic carbocycles. The first-order valence-corrected chi connectivity index (χ1v) is 9.34. The third kappa shape index (κ3) is 3.83. The molecule has 1 heterocycles. The van der Waals surface area contributed by atoms with Crippen LogP contribution in [0.3, 0.4) is 0 Å². The van der Waals surface area contributed by atoms with Gasteiger partial charge in [-0.2, -0.15) is 0 Å². The topological polar surface area (TPSA) is 56.0 Å². The number of amides is 1. The lowest BCUT2D eigenvalue weighted by molar-refractivity contribution is -0.115. The van der Waals surface area contributed by atoms with Crippen LogP contribution in [0.15, 0.2) is 64.3 Å². The van der Waals surface area contributed by atoms with E-state index in [1.54, 1.807) is 43.8 Å². The van der Waals surface area contributed by atoms with Crippen LogP contribution in [0.5, 0.6) is 0 Å². The normalized spacial score (nSPS) is 12.0. The molecule has 140 valence electrons. The molecular weight excluding hydrogens is 365 g/mol. The van der Waals surface area contributed by atoms with Crippen LogP contribution in [0.4, 0.5) is 10.1 Å². The Morgan fingerprint density at radius 3 is 2.41 bits per heavy atom. The maximum atomic E-state index is 13.8. The highest BCUT2D eigenvalue weighted by molar-refractivity contribution is 8.00. The first-order chi connectivity index (χ1) is 12.9. The fourth-order valence-electron chi connectivity index (χ4n) is 2.72. The predicted octanol–water partition coefficient (Wildman–Crippen LogP) is 3.74. The quantitative estimate of drug-likeness (QED) is 0.681. The minimum absolute atomic E-state index is 0.229. The van der Waals surface area contributed by atoms with Gasteiger partial charge in [0.1, 0.15) is 11.5 Å². The molecule has 1 unspecified atom stereocenters. The molecule has 1 amide bonds. The van der Waals surface area contributed by atoms with E-state index in [4.69, 9.17) is 0 Å². The van der Waals surface area contributed by atoms with Gasteiger partial charge in [-0.05, 0) is 38.1 Å². The van der Waals surface area contributed by atoms with Gasteiger partial charge >= 0.3 is 0 Å². The maximum Gasteiger partial charge on any atom is 0.295 e. The Kier molecular flexibility index (Phi) is 5.51. The van der Waals surface area contributed by atoms with Crippen molar-refractivity contribution in [3.8, 4) is 5.69 Å². The van der Waals surface area contributed by atoms with Crippen LogP contribution in [0.25, 0.3) is 5.69 Å². The molecule has 1 atom stereocenters. The summed E-state index contributed by atoms with van der Waals surface area (Å²) in [5.41, 5.74) is 1.27. The fraction of sp³-hybridized carbons (Fsp3) is 0.200. The zero-order valence-electron chi connectivity index (χ0n) is 15.3. The summed E-state index contributed by atoms with van der Waals surface area (Å²) in [5, 5.41) is 2.15. The molecule has 0 aliphatic heterocycles. The molecule has 0 bridgehead atoms. The van der Waals surface area contributed by atoms with Crippen LogP contribution >= 0.6 is 11.8 Å². The number of para-hydroxylation sites is 1. The maximum absolute atomic E-state index is 13.8. The Morgan fingerprint density at radius 1 is 1.11 bits per heavy atom. The van der Waals surface area contributed by atoms with Gasteiger partial charge in [0.15, 0.2) is 0 Å². The second kappa shape index (κ2) is 7.84. The molecule has 0 radical (unpaired) electrons. The van der Waals surface area contributed by atoms with E-state index in [1.807, 2.05) is 30.3 Å². The zero-order valence-corrected chi connectivity index (χ0v) is 16.1. The van der Waals surface area contributed by atoms with Crippen molar-refractivity contribution in [3.05, 3.63) is 76.5 Å². The summed E-state index contributed by atoms with van der Waals surface area (Å²) >= 11 is 1.11. The number of hydrogen-bond acceptors (Lipinski definition) is 3. The summed E-state index contributed by atoms with van der Waals surface area (Å²) in [6.45, 7) is 3.45. The SMILES string of the molecule is Cc1c(NC(=O)C(C)Sc2ccccc2F)c(=O)n(-c2ccccc2)n1C. The zero-order chi connectivity index (χ0) is 19.6. The highest BCUT2D eigenvalue weighted by atomic mass is 32.2. The number of hydrogen-bond donors (Lipinski definition) is 1. The van der Waals surface area contributed by atoms with E-state index in [2.05, 4.69) is 5.32 Å². The first-order valence-electron chi connectivity index (χ1n) is 8.46. The van der Waals surface area contributed by atoms with Gasteiger partial charge in [-0.3, -0.25) is 14.3 Å². The monoisotopic (exact) mass is 385 g/mol. The van der Waals surface area contributed by atoms with Crippen molar-refractivity contribution >= 4 is 23.4 Å². The lowest BCUT2D eigenvalue weighted by Crippen LogP contribution is -2.27. The highest BCUT2D eigenvalue weighted by Crippen LogP contribution is 2.26. The Hall–Kier alpha value is -2.80. The van der Waals surface area contributed by atoms with Gasteiger partial charge in [-0.1, -0.05) is 30.3 Å². The molecule has 5 nitrogen and oxygen atoms in total. The lowest BCUT2D eigenvalue weighted by Gasteiger charge is -2.11. The summed E-state index contributed by atoms with van der Waals surface area (Å²) < 4.78 is 17.0. The van der Waals surface area contributed by atoms with Crippen molar-refractivity contribution < 1.29 is 9.18 Å². The molecule has 0 aliphatic rings. The Morgan fingerprint density at radius 2 is 1.74 bits per heavy atom. The minimum atomic E-state index is -0.564. The van der Waals surface area contributed by atoms with Crippen molar-refractivity contribution in [1.82, 2.24) is 9.36 Å². The molecule has 3 rings (SSSR count). The number of carbonyl (C=O) groups excluding carboxylic acids is 1. The van der Waals surface area contributed by atoms with E-state index in [0.29, 0.717) is 16.3 Å². The van der Waals surface area contributed by atoms with Gasteiger partial charge in [0.2, 0.25) is 5.91 Å². The van der Waals surface area contributed by atoms with Crippen molar-refractivity contribution in [1.29, 1.82) is 0 Å². The van der Waals surface area contributed by atoms with E-state index in [1.165, 1.54) is 10.7 Å². The van der Waals surface area contributed by atoms with Crippen molar-refractivity contribution in [2.45, 2.75) is 24.0 Å². The number of nitrogens with one attached hydrogen (secondary N) is 1. The number of aromatic nitrogens is 2. The van der Waals surface area contributed by atoms with E-state index in [-0.39, 0.29) is 23.0 Å². The van der Waals surface area contributed by atoms with Crippen molar-refractivity contribution in [3.63, 3.8) is 0 Å². The Labute approximate surface area is 160 Å². The highest BCUT2D eigenvalue weighted by Gasteiger charge is 2.22. The number of thioether (sulfide) groups is 1. The van der Waals surface area contributed by atoms with E-state index in [9.17, 15) is 14.0 Å². The third-order valence-electron chi connectivity index (χ3n) is 4.31. The molecular formula is C20H20FN3O2S. The second-order valence-electron chi connectivity index (χ2n) is 6.12. The molecule has 1 aromatic heterocycles. The molecule has 27 heavy (non-hydrogen) atoms. The van der Waals surface area contributed by atoms with Gasteiger partial charge in [0.05, 0.1) is 16.6 Å². The minimum Gasteiger partial charge on any atom is -0.319 e. The van der Waals surface area contributed by atoms with Crippen LogP contribution in [0.2, 0.25) is 0 Å². The number of benzene rings is 2. The molecule has 0 saturated carbocycles. The van der Waals surface area contributed by atoms with Crippen LogP contribution in [-0.4, -0.2) is 20.5 Å². The van der Waals surface area contributed by atoms with Gasteiger partial charge in [0, 0.05) is 11.9 Å². The average Bonchev–Trinajstić information content (AvgIpc) is 2.87. The van der Waals surface area contributed by atoms with E-state index in [0.717, 1.165) is 11.8 Å².